The van der Waals surface area contributed by atoms with E-state index in [4.69, 9.17) is 5.11 Å². The lowest BCUT2D eigenvalue weighted by atomic mass is 9.86. The van der Waals surface area contributed by atoms with Gasteiger partial charge in [0.2, 0.25) is 11.8 Å². The molecule has 2 aliphatic rings. The summed E-state index contributed by atoms with van der Waals surface area (Å²) in [5.41, 5.74) is -2.94. The molecule has 0 aromatic heterocycles. The van der Waals surface area contributed by atoms with Crippen LogP contribution in [-0.2, 0) is 14.4 Å². The third-order valence-corrected chi connectivity index (χ3v) is 5.48. The Hall–Kier alpha value is -1.80. The number of carbonyl (C=O) groups excluding carboxylic acids is 2. The molecule has 0 spiro atoms. The average Bonchev–Trinajstić information content (AvgIpc) is 3.01. The minimum Gasteiger partial charge on any atom is -0.481 e. The lowest BCUT2D eigenvalue weighted by Crippen LogP contribution is -2.50. The lowest BCUT2D eigenvalue weighted by molar-refractivity contribution is -0.227. The summed E-state index contributed by atoms with van der Waals surface area (Å²) in [4.78, 5) is 36.5. The molecular formula is C17H25F3N2O4. The zero-order valence-corrected chi connectivity index (χ0v) is 14.8. The minimum atomic E-state index is -4.94. The van der Waals surface area contributed by atoms with Crippen LogP contribution in [0.5, 0.6) is 0 Å². The maximum atomic E-state index is 13.2. The SMILES string of the molecule is CC(NC(=O)CC1CCCCC1)C(=O)N1CCC(C(=O)O)(C(F)(F)F)C1. The van der Waals surface area contributed by atoms with E-state index in [9.17, 15) is 27.6 Å². The van der Waals surface area contributed by atoms with Crippen LogP contribution in [0.25, 0.3) is 0 Å². The Morgan fingerprint density at radius 1 is 1.23 bits per heavy atom. The van der Waals surface area contributed by atoms with E-state index in [0.717, 1.165) is 37.0 Å². The van der Waals surface area contributed by atoms with Gasteiger partial charge in [-0.15, -0.1) is 0 Å². The molecule has 0 aromatic carbocycles. The van der Waals surface area contributed by atoms with Gasteiger partial charge in [0, 0.05) is 19.5 Å². The molecule has 1 aliphatic heterocycles. The number of nitrogens with zero attached hydrogens (tertiary/aromatic N) is 1. The van der Waals surface area contributed by atoms with Crippen LogP contribution in [-0.4, -0.2) is 53.1 Å². The number of amides is 2. The number of carboxylic acid groups (broad SMARTS) is 1. The molecule has 1 saturated carbocycles. The zero-order valence-electron chi connectivity index (χ0n) is 14.8. The first-order valence-corrected chi connectivity index (χ1v) is 8.95. The summed E-state index contributed by atoms with van der Waals surface area (Å²) < 4.78 is 39.6. The first-order valence-electron chi connectivity index (χ1n) is 8.95. The Morgan fingerprint density at radius 2 is 1.85 bits per heavy atom. The number of likely N-dealkylation sites (tertiary alicyclic amines) is 1. The van der Waals surface area contributed by atoms with Gasteiger partial charge in [-0.1, -0.05) is 19.3 Å². The van der Waals surface area contributed by atoms with Crippen molar-refractivity contribution in [2.24, 2.45) is 11.3 Å². The van der Waals surface area contributed by atoms with Crippen LogP contribution < -0.4 is 5.32 Å². The van der Waals surface area contributed by atoms with E-state index in [1.54, 1.807) is 0 Å². The third-order valence-electron chi connectivity index (χ3n) is 5.48. The average molecular weight is 378 g/mol. The summed E-state index contributed by atoms with van der Waals surface area (Å²) in [5.74, 6) is -2.68. The van der Waals surface area contributed by atoms with E-state index in [1.165, 1.54) is 6.92 Å². The van der Waals surface area contributed by atoms with Crippen molar-refractivity contribution in [3.63, 3.8) is 0 Å². The van der Waals surface area contributed by atoms with Crippen LogP contribution in [0.1, 0.15) is 51.9 Å². The van der Waals surface area contributed by atoms with Crippen molar-refractivity contribution in [1.29, 1.82) is 0 Å². The van der Waals surface area contributed by atoms with Crippen LogP contribution in [0.15, 0.2) is 0 Å². The van der Waals surface area contributed by atoms with Gasteiger partial charge in [0.15, 0.2) is 5.41 Å². The van der Waals surface area contributed by atoms with Crippen LogP contribution in [0.2, 0.25) is 0 Å². The van der Waals surface area contributed by atoms with Crippen LogP contribution in [0.3, 0.4) is 0 Å². The van der Waals surface area contributed by atoms with Crippen LogP contribution in [0.4, 0.5) is 13.2 Å². The highest BCUT2D eigenvalue weighted by molar-refractivity contribution is 5.88. The third kappa shape index (κ3) is 4.29. The van der Waals surface area contributed by atoms with E-state index >= 15 is 0 Å². The normalized spacial score (nSPS) is 25.8. The molecule has 0 radical (unpaired) electrons. The fourth-order valence-electron chi connectivity index (χ4n) is 3.81. The van der Waals surface area contributed by atoms with E-state index in [0.29, 0.717) is 6.42 Å². The molecule has 6 nitrogen and oxygen atoms in total. The number of rotatable bonds is 5. The Labute approximate surface area is 150 Å². The number of alkyl halides is 3. The number of halogens is 3. The van der Waals surface area contributed by atoms with E-state index in [1.807, 2.05) is 0 Å². The Bertz CT molecular complexity index is 561. The first kappa shape index (κ1) is 20.5. The second-order valence-electron chi connectivity index (χ2n) is 7.39. The summed E-state index contributed by atoms with van der Waals surface area (Å²) in [5, 5.41) is 11.6. The number of hydrogen-bond acceptors (Lipinski definition) is 3. The molecular weight excluding hydrogens is 353 g/mol. The number of carbonyl (C=O) groups is 3. The highest BCUT2D eigenvalue weighted by atomic mass is 19.4. The lowest BCUT2D eigenvalue weighted by Gasteiger charge is -2.28. The van der Waals surface area contributed by atoms with Gasteiger partial charge in [-0.25, -0.2) is 0 Å². The van der Waals surface area contributed by atoms with Gasteiger partial charge in [-0.3, -0.25) is 14.4 Å². The molecule has 0 aromatic rings. The molecule has 2 rings (SSSR count). The number of carboxylic acids is 1. The number of hydrogen-bond donors (Lipinski definition) is 2. The van der Waals surface area contributed by atoms with E-state index < -0.39 is 42.5 Å². The van der Waals surface area contributed by atoms with Gasteiger partial charge in [0.05, 0.1) is 0 Å². The summed E-state index contributed by atoms with van der Waals surface area (Å²) >= 11 is 0. The van der Waals surface area contributed by atoms with Gasteiger partial charge in [0.1, 0.15) is 6.04 Å². The smallest absolute Gasteiger partial charge is 0.406 e. The van der Waals surface area contributed by atoms with Gasteiger partial charge in [-0.2, -0.15) is 13.2 Å². The molecule has 9 heteroatoms. The van der Waals surface area contributed by atoms with Crippen molar-refractivity contribution >= 4 is 17.8 Å². The molecule has 1 heterocycles. The Balaban J connectivity index is 1.92. The second kappa shape index (κ2) is 7.84. The minimum absolute atomic E-state index is 0.280. The van der Waals surface area contributed by atoms with Gasteiger partial charge < -0.3 is 15.3 Å². The zero-order chi connectivity index (χ0) is 19.5. The van der Waals surface area contributed by atoms with Crippen molar-refractivity contribution in [2.45, 2.75) is 64.1 Å². The van der Waals surface area contributed by atoms with Crippen LogP contribution in [0, 0.1) is 11.3 Å². The monoisotopic (exact) mass is 378 g/mol. The van der Waals surface area contributed by atoms with Gasteiger partial charge >= 0.3 is 12.1 Å². The van der Waals surface area contributed by atoms with Crippen molar-refractivity contribution in [3.8, 4) is 0 Å². The standard InChI is InChI=1S/C17H25F3N2O4/c1-11(21-13(23)9-12-5-3-2-4-6-12)14(24)22-8-7-16(10-22,15(25)26)17(18,19)20/h11-12H,2-10H2,1H3,(H,21,23)(H,25,26). The summed E-state index contributed by atoms with van der Waals surface area (Å²) in [7, 11) is 0. The predicted octanol–water partition coefficient (Wildman–Crippen LogP) is 2.33. The Morgan fingerprint density at radius 3 is 2.35 bits per heavy atom. The van der Waals surface area contributed by atoms with Crippen molar-refractivity contribution < 1.29 is 32.7 Å². The predicted molar refractivity (Wildman–Crippen MR) is 86.1 cm³/mol. The summed E-state index contributed by atoms with van der Waals surface area (Å²) in [6.45, 7) is 0.191. The molecule has 2 N–H and O–H groups in total. The highest BCUT2D eigenvalue weighted by Crippen LogP contribution is 2.45. The molecule has 2 fully saturated rings. The second-order valence-corrected chi connectivity index (χ2v) is 7.39. The first-order chi connectivity index (χ1) is 12.1. The van der Waals surface area contributed by atoms with Crippen molar-refractivity contribution in [3.05, 3.63) is 0 Å². The number of nitrogens with one attached hydrogen (secondary N) is 1. The van der Waals surface area contributed by atoms with Crippen LogP contribution >= 0.6 is 0 Å². The number of aliphatic carboxylic acids is 1. The molecule has 2 amide bonds. The molecule has 1 aliphatic carbocycles. The molecule has 148 valence electrons. The van der Waals surface area contributed by atoms with Gasteiger partial charge in [0.25, 0.3) is 0 Å². The molecule has 2 unspecified atom stereocenters. The fraction of sp³-hybridized carbons (Fsp3) is 0.824. The Kier molecular flexibility index (Phi) is 6.18. The maximum absolute atomic E-state index is 13.2. The summed E-state index contributed by atoms with van der Waals surface area (Å²) in [6, 6.07) is -0.982. The quantitative estimate of drug-likeness (QED) is 0.769. The maximum Gasteiger partial charge on any atom is 0.406 e. The molecule has 1 saturated heterocycles. The van der Waals surface area contributed by atoms with Crippen molar-refractivity contribution in [1.82, 2.24) is 10.2 Å². The topological polar surface area (TPSA) is 86.7 Å². The molecule has 2 atom stereocenters. The molecule has 0 bridgehead atoms. The molecule has 26 heavy (non-hydrogen) atoms. The summed E-state index contributed by atoms with van der Waals surface area (Å²) in [6.07, 6.45) is -0.0691. The van der Waals surface area contributed by atoms with E-state index in [-0.39, 0.29) is 18.4 Å². The fourth-order valence-corrected chi connectivity index (χ4v) is 3.81. The largest absolute Gasteiger partial charge is 0.481 e. The van der Waals surface area contributed by atoms with Gasteiger partial charge in [-0.05, 0) is 32.1 Å². The van der Waals surface area contributed by atoms with E-state index in [2.05, 4.69) is 5.32 Å². The van der Waals surface area contributed by atoms with Crippen molar-refractivity contribution in [2.75, 3.05) is 13.1 Å². The highest BCUT2D eigenvalue weighted by Gasteiger charge is 2.64.